The summed E-state index contributed by atoms with van der Waals surface area (Å²) in [6.45, 7) is 4.55. The molecule has 0 radical (unpaired) electrons. The van der Waals surface area contributed by atoms with Crippen LogP contribution in [0, 0.1) is 29.0 Å². The molecule has 1 aromatic carbocycles. The molecule has 1 aliphatic rings. The lowest BCUT2D eigenvalue weighted by atomic mass is 9.80. The fourth-order valence-corrected chi connectivity index (χ4v) is 3.00. The molecule has 1 aliphatic carbocycles. The average Bonchev–Trinajstić information content (AvgIpc) is 2.30. The number of hydrogen-bond donors (Lipinski definition) is 1. The van der Waals surface area contributed by atoms with Crippen LogP contribution in [0.1, 0.15) is 38.7 Å². The zero-order chi connectivity index (χ0) is 13.1. The number of benzene rings is 1. The first-order valence-corrected chi connectivity index (χ1v) is 6.54. The first-order chi connectivity index (χ1) is 8.58. The van der Waals surface area contributed by atoms with Gasteiger partial charge in [0.05, 0.1) is 5.56 Å². The minimum absolute atomic E-state index is 0.108. The highest BCUT2D eigenvalue weighted by atomic mass is 19.1. The molecule has 1 fully saturated rings. The van der Waals surface area contributed by atoms with Crippen molar-refractivity contribution in [2.45, 2.75) is 39.2 Å². The van der Waals surface area contributed by atoms with Crippen LogP contribution in [0.3, 0.4) is 0 Å². The van der Waals surface area contributed by atoms with Crippen LogP contribution < -0.4 is 5.32 Å². The smallest absolute Gasteiger partial charge is 0.141 e. The van der Waals surface area contributed by atoms with Gasteiger partial charge in [-0.05, 0) is 49.3 Å². The van der Waals surface area contributed by atoms with Gasteiger partial charge in [0, 0.05) is 11.7 Å². The molecule has 2 unspecified atom stereocenters. The van der Waals surface area contributed by atoms with Gasteiger partial charge in [0.25, 0.3) is 0 Å². The molecule has 2 nitrogen and oxygen atoms in total. The summed E-state index contributed by atoms with van der Waals surface area (Å²) in [5, 5.41) is 12.2. The van der Waals surface area contributed by atoms with Gasteiger partial charge in [-0.2, -0.15) is 5.26 Å². The van der Waals surface area contributed by atoms with E-state index in [1.807, 2.05) is 6.07 Å². The van der Waals surface area contributed by atoms with Gasteiger partial charge in [0.15, 0.2) is 0 Å². The van der Waals surface area contributed by atoms with Crippen molar-refractivity contribution in [3.05, 3.63) is 29.6 Å². The second kappa shape index (κ2) is 5.39. The summed E-state index contributed by atoms with van der Waals surface area (Å²) in [6.07, 6.45) is 3.57. The quantitative estimate of drug-likeness (QED) is 0.858. The number of halogens is 1. The molecule has 2 atom stereocenters. The van der Waals surface area contributed by atoms with Crippen LogP contribution in [0.25, 0.3) is 0 Å². The topological polar surface area (TPSA) is 35.8 Å². The SMILES string of the molecule is CC1CC(C)CC(Nc2ccc(F)c(C#N)c2)C1. The zero-order valence-electron chi connectivity index (χ0n) is 10.9. The molecule has 18 heavy (non-hydrogen) atoms. The van der Waals surface area contributed by atoms with Gasteiger partial charge in [-0.3, -0.25) is 0 Å². The average molecular weight is 246 g/mol. The molecule has 2 rings (SSSR count). The minimum Gasteiger partial charge on any atom is -0.382 e. The Balaban J connectivity index is 2.07. The molecular formula is C15H19FN2. The molecule has 0 spiro atoms. The maximum Gasteiger partial charge on any atom is 0.141 e. The van der Waals surface area contributed by atoms with Crippen LogP contribution in [0.2, 0.25) is 0 Å². The Morgan fingerprint density at radius 2 is 1.89 bits per heavy atom. The molecule has 3 heteroatoms. The summed E-state index contributed by atoms with van der Waals surface area (Å²) < 4.78 is 13.2. The molecular weight excluding hydrogens is 227 g/mol. The van der Waals surface area contributed by atoms with Gasteiger partial charge in [0.1, 0.15) is 11.9 Å². The molecule has 0 aliphatic heterocycles. The standard InChI is InChI=1S/C15H19FN2/c1-10-5-11(2)7-14(6-10)18-13-3-4-15(16)12(8-13)9-17/h3-4,8,10-11,14,18H,5-7H2,1-2H3. The maximum absolute atomic E-state index is 13.2. The summed E-state index contributed by atoms with van der Waals surface area (Å²) in [5.41, 5.74) is 0.955. The molecule has 0 heterocycles. The number of nitrogens with zero attached hydrogens (tertiary/aromatic N) is 1. The lowest BCUT2D eigenvalue weighted by molar-refractivity contribution is 0.281. The number of nitriles is 1. The summed E-state index contributed by atoms with van der Waals surface area (Å²) >= 11 is 0. The maximum atomic E-state index is 13.2. The predicted molar refractivity (Wildman–Crippen MR) is 70.7 cm³/mol. The van der Waals surface area contributed by atoms with Gasteiger partial charge < -0.3 is 5.32 Å². The molecule has 1 saturated carbocycles. The molecule has 0 aromatic heterocycles. The van der Waals surface area contributed by atoms with Gasteiger partial charge in [-0.1, -0.05) is 13.8 Å². The lowest BCUT2D eigenvalue weighted by Crippen LogP contribution is -2.30. The fourth-order valence-electron chi connectivity index (χ4n) is 3.00. The van der Waals surface area contributed by atoms with Crippen LogP contribution in [0.4, 0.5) is 10.1 Å². The molecule has 96 valence electrons. The Bertz CT molecular complexity index is 454. The van der Waals surface area contributed by atoms with Crippen molar-refractivity contribution >= 4 is 5.69 Å². The van der Waals surface area contributed by atoms with Crippen LogP contribution in [-0.4, -0.2) is 6.04 Å². The summed E-state index contributed by atoms with van der Waals surface area (Å²) in [7, 11) is 0. The molecule has 0 bridgehead atoms. The lowest BCUT2D eigenvalue weighted by Gasteiger charge is -2.32. The van der Waals surface area contributed by atoms with E-state index in [-0.39, 0.29) is 5.56 Å². The highest BCUT2D eigenvalue weighted by Crippen LogP contribution is 2.30. The second-order valence-corrected chi connectivity index (χ2v) is 5.57. The van der Waals surface area contributed by atoms with Gasteiger partial charge in [-0.25, -0.2) is 4.39 Å². The highest BCUT2D eigenvalue weighted by Gasteiger charge is 2.23. The Labute approximate surface area is 108 Å². The monoisotopic (exact) mass is 246 g/mol. The molecule has 1 N–H and O–H groups in total. The van der Waals surface area contributed by atoms with E-state index >= 15 is 0 Å². The Kier molecular flexibility index (Phi) is 3.86. The number of anilines is 1. The molecule has 0 saturated heterocycles. The Morgan fingerprint density at radius 3 is 2.50 bits per heavy atom. The van der Waals surface area contributed by atoms with Crippen LogP contribution in [0.15, 0.2) is 18.2 Å². The highest BCUT2D eigenvalue weighted by molar-refractivity contribution is 5.50. The van der Waals surface area contributed by atoms with Crippen molar-refractivity contribution in [3.8, 4) is 6.07 Å². The summed E-state index contributed by atoms with van der Waals surface area (Å²) in [4.78, 5) is 0. The normalized spacial score (nSPS) is 27.6. The van der Waals surface area contributed by atoms with Crippen LogP contribution >= 0.6 is 0 Å². The van der Waals surface area contributed by atoms with Crippen LogP contribution in [0.5, 0.6) is 0 Å². The van der Waals surface area contributed by atoms with Gasteiger partial charge >= 0.3 is 0 Å². The predicted octanol–water partition coefficient (Wildman–Crippen LogP) is 3.93. The number of rotatable bonds is 2. The van der Waals surface area contributed by atoms with Crippen molar-refractivity contribution in [1.82, 2.24) is 0 Å². The van der Waals surface area contributed by atoms with Crippen molar-refractivity contribution in [1.29, 1.82) is 5.26 Å². The van der Waals surface area contributed by atoms with Gasteiger partial charge in [0.2, 0.25) is 0 Å². The van der Waals surface area contributed by atoms with E-state index in [9.17, 15) is 4.39 Å². The third-order valence-electron chi connectivity index (χ3n) is 3.64. The third kappa shape index (κ3) is 3.01. The Morgan fingerprint density at radius 1 is 1.22 bits per heavy atom. The third-order valence-corrected chi connectivity index (χ3v) is 3.64. The fraction of sp³-hybridized carbons (Fsp3) is 0.533. The molecule has 1 aromatic rings. The molecule has 0 amide bonds. The van der Waals surface area contributed by atoms with E-state index in [4.69, 9.17) is 5.26 Å². The zero-order valence-corrected chi connectivity index (χ0v) is 10.9. The first-order valence-electron chi connectivity index (χ1n) is 6.54. The van der Waals surface area contributed by atoms with E-state index in [1.165, 1.54) is 12.5 Å². The van der Waals surface area contributed by atoms with Crippen molar-refractivity contribution in [2.24, 2.45) is 11.8 Å². The summed E-state index contributed by atoms with van der Waals surface area (Å²) in [5.74, 6) is 0.998. The van der Waals surface area contributed by atoms with E-state index in [2.05, 4.69) is 19.2 Å². The van der Waals surface area contributed by atoms with Gasteiger partial charge in [-0.15, -0.1) is 0 Å². The van der Waals surface area contributed by atoms with Crippen molar-refractivity contribution in [2.75, 3.05) is 5.32 Å². The Hall–Kier alpha value is -1.56. The number of nitrogens with one attached hydrogen (secondary N) is 1. The largest absolute Gasteiger partial charge is 0.382 e. The van der Waals surface area contributed by atoms with E-state index in [0.717, 1.165) is 30.4 Å². The van der Waals surface area contributed by atoms with Crippen LogP contribution in [-0.2, 0) is 0 Å². The summed E-state index contributed by atoms with van der Waals surface area (Å²) in [6, 6.07) is 6.97. The second-order valence-electron chi connectivity index (χ2n) is 5.57. The van der Waals surface area contributed by atoms with Crippen molar-refractivity contribution in [3.63, 3.8) is 0 Å². The van der Waals surface area contributed by atoms with E-state index in [0.29, 0.717) is 6.04 Å². The van der Waals surface area contributed by atoms with Crippen molar-refractivity contribution < 1.29 is 4.39 Å². The number of hydrogen-bond acceptors (Lipinski definition) is 2. The first kappa shape index (κ1) is 12.9. The van der Waals surface area contributed by atoms with E-state index in [1.54, 1.807) is 12.1 Å². The van der Waals surface area contributed by atoms with E-state index < -0.39 is 5.82 Å². The minimum atomic E-state index is -0.451.